The van der Waals surface area contributed by atoms with Gasteiger partial charge in [-0.3, -0.25) is 9.59 Å². The van der Waals surface area contributed by atoms with Gasteiger partial charge in [-0.15, -0.1) is 0 Å². The number of hydrogen-bond donors (Lipinski definition) is 2. The lowest BCUT2D eigenvalue weighted by Crippen LogP contribution is -2.29. The minimum atomic E-state index is -0.913. The molecule has 98 valence electrons. The maximum absolute atomic E-state index is 13.2. The van der Waals surface area contributed by atoms with Crippen molar-refractivity contribution >= 4 is 27.8 Å². The summed E-state index contributed by atoms with van der Waals surface area (Å²) in [5, 5.41) is 11.2. The Hall–Kier alpha value is -1.43. The summed E-state index contributed by atoms with van der Waals surface area (Å²) < 4.78 is 13.3. The summed E-state index contributed by atoms with van der Waals surface area (Å²) in [6.07, 6.45) is -0.0232. The summed E-state index contributed by atoms with van der Waals surface area (Å²) in [4.78, 5) is 22.2. The molecule has 1 aromatic carbocycles. The van der Waals surface area contributed by atoms with E-state index in [9.17, 15) is 14.0 Å². The van der Waals surface area contributed by atoms with Crippen molar-refractivity contribution in [2.75, 3.05) is 6.54 Å². The quantitative estimate of drug-likeness (QED) is 0.876. The van der Waals surface area contributed by atoms with Crippen LogP contribution in [0.1, 0.15) is 23.7 Å². The highest BCUT2D eigenvalue weighted by molar-refractivity contribution is 9.10. The van der Waals surface area contributed by atoms with Crippen molar-refractivity contribution in [2.24, 2.45) is 5.92 Å². The van der Waals surface area contributed by atoms with Gasteiger partial charge in [0.2, 0.25) is 0 Å². The van der Waals surface area contributed by atoms with E-state index < -0.39 is 17.7 Å². The van der Waals surface area contributed by atoms with Crippen molar-refractivity contribution in [3.05, 3.63) is 34.1 Å². The highest BCUT2D eigenvalue weighted by Gasteiger charge is 2.14. The molecule has 1 amide bonds. The van der Waals surface area contributed by atoms with Gasteiger partial charge in [-0.25, -0.2) is 4.39 Å². The van der Waals surface area contributed by atoms with Gasteiger partial charge in [-0.1, -0.05) is 13.0 Å². The summed E-state index contributed by atoms with van der Waals surface area (Å²) in [6, 6.07) is 4.17. The molecule has 0 spiro atoms. The zero-order valence-electron chi connectivity index (χ0n) is 9.74. The Morgan fingerprint density at radius 2 is 2.17 bits per heavy atom. The third-order valence-electron chi connectivity index (χ3n) is 2.33. The van der Waals surface area contributed by atoms with Crippen molar-refractivity contribution in [1.82, 2.24) is 5.32 Å². The summed E-state index contributed by atoms with van der Waals surface area (Å²) >= 11 is 3.00. The summed E-state index contributed by atoms with van der Waals surface area (Å²) in [6.45, 7) is 1.95. The van der Waals surface area contributed by atoms with Crippen LogP contribution in [0.2, 0.25) is 0 Å². The lowest BCUT2D eigenvalue weighted by molar-refractivity contribution is -0.137. The van der Waals surface area contributed by atoms with Crippen molar-refractivity contribution in [3.8, 4) is 0 Å². The zero-order chi connectivity index (χ0) is 13.7. The molecule has 4 nitrogen and oxygen atoms in total. The second kappa shape index (κ2) is 6.49. The molecule has 0 fully saturated rings. The van der Waals surface area contributed by atoms with Crippen molar-refractivity contribution in [1.29, 1.82) is 0 Å². The van der Waals surface area contributed by atoms with Crippen molar-refractivity contribution in [2.45, 2.75) is 13.3 Å². The number of rotatable bonds is 5. The van der Waals surface area contributed by atoms with Crippen molar-refractivity contribution < 1.29 is 19.1 Å². The predicted octanol–water partition coefficient (Wildman–Crippen LogP) is 2.43. The molecular weight excluding hydrogens is 305 g/mol. The van der Waals surface area contributed by atoms with Gasteiger partial charge in [0.1, 0.15) is 5.82 Å². The molecule has 1 rings (SSSR count). The summed E-state index contributed by atoms with van der Waals surface area (Å²) in [7, 11) is 0. The number of aliphatic carboxylic acids is 1. The number of hydrogen-bond acceptors (Lipinski definition) is 2. The van der Waals surface area contributed by atoms with Crippen LogP contribution in [0.5, 0.6) is 0 Å². The van der Waals surface area contributed by atoms with Crippen LogP contribution in [0.4, 0.5) is 4.39 Å². The standard InChI is InChI=1S/C12H13BrFNO3/c1-7(5-10(16)17)6-15-12(18)8-3-2-4-9(14)11(8)13/h2-4,7H,5-6H2,1H3,(H,15,18)(H,16,17). The molecule has 0 bridgehead atoms. The third-order valence-corrected chi connectivity index (χ3v) is 3.14. The topological polar surface area (TPSA) is 66.4 Å². The maximum atomic E-state index is 13.2. The molecule has 1 atom stereocenters. The number of carbonyl (C=O) groups excluding carboxylic acids is 1. The maximum Gasteiger partial charge on any atom is 0.303 e. The van der Waals surface area contributed by atoms with E-state index in [1.54, 1.807) is 6.92 Å². The predicted molar refractivity (Wildman–Crippen MR) is 67.9 cm³/mol. The minimum Gasteiger partial charge on any atom is -0.481 e. The highest BCUT2D eigenvalue weighted by Crippen LogP contribution is 2.20. The number of carboxylic acids is 1. The van der Waals surface area contributed by atoms with Crippen LogP contribution in [0.3, 0.4) is 0 Å². The molecule has 1 unspecified atom stereocenters. The third kappa shape index (κ3) is 4.10. The Morgan fingerprint density at radius 3 is 2.78 bits per heavy atom. The van der Waals surface area contributed by atoms with Crippen LogP contribution in [-0.2, 0) is 4.79 Å². The number of carbonyl (C=O) groups is 2. The number of halogens is 2. The fourth-order valence-electron chi connectivity index (χ4n) is 1.41. The monoisotopic (exact) mass is 317 g/mol. The van der Waals surface area contributed by atoms with Crippen LogP contribution >= 0.6 is 15.9 Å². The Bertz CT molecular complexity index is 465. The second-order valence-electron chi connectivity index (χ2n) is 4.01. The molecule has 0 aromatic heterocycles. The molecule has 0 radical (unpaired) electrons. The van der Waals surface area contributed by atoms with E-state index in [1.165, 1.54) is 18.2 Å². The van der Waals surface area contributed by atoms with Gasteiger partial charge in [-0.2, -0.15) is 0 Å². The van der Waals surface area contributed by atoms with E-state index >= 15 is 0 Å². The Labute approximate surface area is 112 Å². The molecule has 1 aromatic rings. The van der Waals surface area contributed by atoms with Crippen LogP contribution in [0.25, 0.3) is 0 Å². The van der Waals surface area contributed by atoms with Crippen LogP contribution in [-0.4, -0.2) is 23.5 Å². The average molecular weight is 318 g/mol. The molecule has 0 aliphatic carbocycles. The largest absolute Gasteiger partial charge is 0.481 e. The fourth-order valence-corrected chi connectivity index (χ4v) is 1.86. The number of benzene rings is 1. The van der Waals surface area contributed by atoms with Gasteiger partial charge < -0.3 is 10.4 Å². The van der Waals surface area contributed by atoms with E-state index in [-0.39, 0.29) is 28.9 Å². The van der Waals surface area contributed by atoms with Gasteiger partial charge >= 0.3 is 5.97 Å². The Morgan fingerprint density at radius 1 is 1.50 bits per heavy atom. The first-order valence-electron chi connectivity index (χ1n) is 5.35. The summed E-state index contributed by atoms with van der Waals surface area (Å²) in [5.74, 6) is -2.04. The first-order valence-corrected chi connectivity index (χ1v) is 6.15. The first-order chi connectivity index (χ1) is 8.41. The first kappa shape index (κ1) is 14.6. The molecule has 0 aliphatic rings. The smallest absolute Gasteiger partial charge is 0.303 e. The van der Waals surface area contributed by atoms with Gasteiger partial charge in [0, 0.05) is 13.0 Å². The lowest BCUT2D eigenvalue weighted by atomic mass is 10.1. The number of amides is 1. The lowest BCUT2D eigenvalue weighted by Gasteiger charge is -2.11. The number of nitrogens with one attached hydrogen (secondary N) is 1. The molecule has 2 N–H and O–H groups in total. The van der Waals surface area contributed by atoms with Gasteiger partial charge in [0.15, 0.2) is 0 Å². The highest BCUT2D eigenvalue weighted by atomic mass is 79.9. The normalized spacial score (nSPS) is 11.9. The van der Waals surface area contributed by atoms with Gasteiger partial charge in [-0.05, 0) is 34.0 Å². The Balaban J connectivity index is 2.61. The van der Waals surface area contributed by atoms with Crippen LogP contribution in [0.15, 0.2) is 22.7 Å². The van der Waals surface area contributed by atoms with E-state index in [0.29, 0.717) is 0 Å². The molecule has 6 heteroatoms. The average Bonchev–Trinajstić information content (AvgIpc) is 2.29. The Kier molecular flexibility index (Phi) is 5.27. The number of carboxylic acid groups (broad SMARTS) is 1. The SMILES string of the molecule is CC(CNC(=O)c1cccc(F)c1Br)CC(=O)O. The minimum absolute atomic E-state index is 0.0232. The summed E-state index contributed by atoms with van der Waals surface area (Å²) in [5.41, 5.74) is 0.192. The van der Waals surface area contributed by atoms with E-state index in [4.69, 9.17) is 5.11 Å². The van der Waals surface area contributed by atoms with Crippen molar-refractivity contribution in [3.63, 3.8) is 0 Å². The van der Waals surface area contributed by atoms with E-state index in [2.05, 4.69) is 21.2 Å². The molecule has 0 heterocycles. The van der Waals surface area contributed by atoms with Gasteiger partial charge in [0.05, 0.1) is 10.0 Å². The fraction of sp³-hybridized carbons (Fsp3) is 0.333. The van der Waals surface area contributed by atoms with E-state index in [0.717, 1.165) is 0 Å². The second-order valence-corrected chi connectivity index (χ2v) is 4.81. The zero-order valence-corrected chi connectivity index (χ0v) is 11.3. The van der Waals surface area contributed by atoms with E-state index in [1.807, 2.05) is 0 Å². The molecule has 0 saturated heterocycles. The molecular formula is C12H13BrFNO3. The molecule has 0 saturated carbocycles. The van der Waals surface area contributed by atoms with Crippen LogP contribution in [0, 0.1) is 11.7 Å². The van der Waals surface area contributed by atoms with Crippen LogP contribution < -0.4 is 5.32 Å². The molecule has 0 aliphatic heterocycles. The van der Waals surface area contributed by atoms with Gasteiger partial charge in [0.25, 0.3) is 5.91 Å². The molecule has 18 heavy (non-hydrogen) atoms.